The summed E-state index contributed by atoms with van der Waals surface area (Å²) in [5, 5.41) is 0. The smallest absolute Gasteiger partial charge is 0.150 e. The van der Waals surface area contributed by atoms with Gasteiger partial charge in [0.05, 0.1) is 11.8 Å². The summed E-state index contributed by atoms with van der Waals surface area (Å²) in [6, 6.07) is 15.8. The molecule has 2 rings (SSSR count). The molecule has 0 heterocycles. The standard InChI is InChI=1S/C19H24N2O/c1-13-7-3-5-9-15(13)17(11-20)19(22)18(12-21)16-10-6-4-8-14(16)2/h3-10,17-18H,11-12,20-21H2,1-2H3. The van der Waals surface area contributed by atoms with Crippen LogP contribution in [-0.4, -0.2) is 18.9 Å². The molecule has 2 aromatic carbocycles. The molecule has 3 heteroatoms. The van der Waals surface area contributed by atoms with Gasteiger partial charge < -0.3 is 11.5 Å². The number of hydrogen-bond acceptors (Lipinski definition) is 3. The van der Waals surface area contributed by atoms with Crippen molar-refractivity contribution >= 4 is 5.78 Å². The number of benzene rings is 2. The molecule has 0 aliphatic rings. The number of hydrogen-bond donors (Lipinski definition) is 2. The molecule has 22 heavy (non-hydrogen) atoms. The zero-order valence-corrected chi connectivity index (χ0v) is 13.3. The number of ketones is 1. The molecule has 0 saturated carbocycles. The molecule has 0 radical (unpaired) electrons. The van der Waals surface area contributed by atoms with Gasteiger partial charge in [0, 0.05) is 13.1 Å². The average Bonchev–Trinajstić information content (AvgIpc) is 2.52. The van der Waals surface area contributed by atoms with Gasteiger partial charge in [-0.3, -0.25) is 4.79 Å². The first-order chi connectivity index (χ1) is 10.6. The summed E-state index contributed by atoms with van der Waals surface area (Å²) in [7, 11) is 0. The second-order valence-corrected chi connectivity index (χ2v) is 5.69. The van der Waals surface area contributed by atoms with Crippen LogP contribution >= 0.6 is 0 Å². The summed E-state index contributed by atoms with van der Waals surface area (Å²) in [6.45, 7) is 4.62. The van der Waals surface area contributed by atoms with E-state index in [4.69, 9.17) is 11.5 Å². The molecule has 0 bridgehead atoms. The topological polar surface area (TPSA) is 69.1 Å². The number of carbonyl (C=O) groups excluding carboxylic acids is 1. The molecular weight excluding hydrogens is 272 g/mol. The molecule has 2 aromatic rings. The second kappa shape index (κ2) is 7.34. The van der Waals surface area contributed by atoms with Crippen LogP contribution < -0.4 is 11.5 Å². The maximum atomic E-state index is 13.1. The molecule has 2 unspecified atom stereocenters. The summed E-state index contributed by atoms with van der Waals surface area (Å²) in [4.78, 5) is 13.1. The highest BCUT2D eigenvalue weighted by atomic mass is 16.1. The highest BCUT2D eigenvalue weighted by molar-refractivity contribution is 5.92. The van der Waals surface area contributed by atoms with Crippen LogP contribution in [0, 0.1) is 13.8 Å². The lowest BCUT2D eigenvalue weighted by molar-refractivity contribution is -0.121. The van der Waals surface area contributed by atoms with Gasteiger partial charge in [-0.05, 0) is 36.1 Å². The SMILES string of the molecule is Cc1ccccc1C(CN)C(=O)C(CN)c1ccccc1C. The fraction of sp³-hybridized carbons (Fsp3) is 0.316. The van der Waals surface area contributed by atoms with E-state index in [-0.39, 0.29) is 17.6 Å². The van der Waals surface area contributed by atoms with E-state index in [9.17, 15) is 4.79 Å². The third kappa shape index (κ3) is 3.26. The minimum Gasteiger partial charge on any atom is -0.329 e. The Morgan fingerprint density at radius 2 is 1.18 bits per heavy atom. The van der Waals surface area contributed by atoms with Crippen molar-refractivity contribution in [1.82, 2.24) is 0 Å². The Morgan fingerprint density at radius 3 is 1.50 bits per heavy atom. The minimum atomic E-state index is -0.311. The highest BCUT2D eigenvalue weighted by Gasteiger charge is 2.29. The van der Waals surface area contributed by atoms with Crippen LogP contribution in [0.2, 0.25) is 0 Å². The van der Waals surface area contributed by atoms with Crippen LogP contribution in [0.1, 0.15) is 34.1 Å². The predicted molar refractivity (Wildman–Crippen MR) is 91.0 cm³/mol. The van der Waals surface area contributed by atoms with Gasteiger partial charge in [-0.15, -0.1) is 0 Å². The van der Waals surface area contributed by atoms with Crippen molar-refractivity contribution < 1.29 is 4.79 Å². The van der Waals surface area contributed by atoms with Gasteiger partial charge in [-0.2, -0.15) is 0 Å². The number of rotatable bonds is 6. The van der Waals surface area contributed by atoms with E-state index in [2.05, 4.69) is 0 Å². The highest BCUT2D eigenvalue weighted by Crippen LogP contribution is 2.28. The summed E-state index contributed by atoms with van der Waals surface area (Å²) in [5.41, 5.74) is 16.0. The molecular formula is C19H24N2O. The van der Waals surface area contributed by atoms with Crippen LogP contribution in [0.25, 0.3) is 0 Å². The lowest BCUT2D eigenvalue weighted by atomic mass is 9.81. The van der Waals surface area contributed by atoms with E-state index < -0.39 is 0 Å². The van der Waals surface area contributed by atoms with E-state index in [1.165, 1.54) is 0 Å². The Labute approximate surface area is 132 Å². The quantitative estimate of drug-likeness (QED) is 0.861. The van der Waals surface area contributed by atoms with E-state index in [0.717, 1.165) is 22.3 Å². The minimum absolute atomic E-state index is 0.105. The Morgan fingerprint density at radius 1 is 0.818 bits per heavy atom. The maximum absolute atomic E-state index is 13.1. The predicted octanol–water partition coefficient (Wildman–Crippen LogP) is 2.66. The van der Waals surface area contributed by atoms with Crippen LogP contribution in [0.5, 0.6) is 0 Å². The van der Waals surface area contributed by atoms with Crippen molar-refractivity contribution in [2.75, 3.05) is 13.1 Å². The molecule has 116 valence electrons. The lowest BCUT2D eigenvalue weighted by Crippen LogP contribution is -2.31. The van der Waals surface area contributed by atoms with Crippen molar-refractivity contribution in [2.45, 2.75) is 25.7 Å². The monoisotopic (exact) mass is 296 g/mol. The van der Waals surface area contributed by atoms with Crippen LogP contribution in [-0.2, 0) is 4.79 Å². The first-order valence-electron chi connectivity index (χ1n) is 7.65. The number of carbonyl (C=O) groups is 1. The third-order valence-corrected chi connectivity index (χ3v) is 4.29. The van der Waals surface area contributed by atoms with Gasteiger partial charge in [0.25, 0.3) is 0 Å². The van der Waals surface area contributed by atoms with Gasteiger partial charge in [-0.25, -0.2) is 0 Å². The first-order valence-corrected chi connectivity index (χ1v) is 7.65. The zero-order chi connectivity index (χ0) is 16.1. The Hall–Kier alpha value is -1.97. The van der Waals surface area contributed by atoms with Crippen LogP contribution in [0.4, 0.5) is 0 Å². The number of aryl methyl sites for hydroxylation is 2. The van der Waals surface area contributed by atoms with Gasteiger partial charge in [0.1, 0.15) is 5.78 Å². The summed E-state index contributed by atoms with van der Waals surface area (Å²) in [5.74, 6) is -0.516. The molecule has 0 aliphatic heterocycles. The molecule has 0 amide bonds. The van der Waals surface area contributed by atoms with Crippen molar-refractivity contribution in [2.24, 2.45) is 11.5 Å². The molecule has 0 fully saturated rings. The van der Waals surface area contributed by atoms with Gasteiger partial charge in [0.15, 0.2) is 0 Å². The number of Topliss-reactive ketones (excluding diaryl/α,β-unsaturated/α-hetero) is 1. The lowest BCUT2D eigenvalue weighted by Gasteiger charge is -2.23. The fourth-order valence-electron chi connectivity index (χ4n) is 2.99. The van der Waals surface area contributed by atoms with Crippen molar-refractivity contribution in [3.05, 3.63) is 70.8 Å². The zero-order valence-electron chi connectivity index (χ0n) is 13.3. The Bertz CT molecular complexity index is 596. The largest absolute Gasteiger partial charge is 0.329 e. The fourth-order valence-corrected chi connectivity index (χ4v) is 2.99. The van der Waals surface area contributed by atoms with Crippen molar-refractivity contribution in [3.8, 4) is 0 Å². The summed E-state index contributed by atoms with van der Waals surface area (Å²) < 4.78 is 0. The molecule has 0 spiro atoms. The van der Waals surface area contributed by atoms with Crippen molar-refractivity contribution in [3.63, 3.8) is 0 Å². The normalized spacial score (nSPS) is 13.6. The van der Waals surface area contributed by atoms with Crippen molar-refractivity contribution in [1.29, 1.82) is 0 Å². The summed E-state index contributed by atoms with van der Waals surface area (Å²) in [6.07, 6.45) is 0. The van der Waals surface area contributed by atoms with Crippen LogP contribution in [0.15, 0.2) is 48.5 Å². The molecule has 0 saturated heterocycles. The van der Waals surface area contributed by atoms with Gasteiger partial charge >= 0.3 is 0 Å². The number of nitrogens with two attached hydrogens (primary N) is 2. The van der Waals surface area contributed by atoms with E-state index >= 15 is 0 Å². The summed E-state index contributed by atoms with van der Waals surface area (Å²) >= 11 is 0. The van der Waals surface area contributed by atoms with Gasteiger partial charge in [0.2, 0.25) is 0 Å². The second-order valence-electron chi connectivity index (χ2n) is 5.69. The molecule has 4 N–H and O–H groups in total. The first kappa shape index (κ1) is 16.4. The molecule has 3 nitrogen and oxygen atoms in total. The average molecular weight is 296 g/mol. The van der Waals surface area contributed by atoms with Gasteiger partial charge in [-0.1, -0.05) is 48.5 Å². The third-order valence-electron chi connectivity index (χ3n) is 4.29. The van der Waals surface area contributed by atoms with E-state index in [0.29, 0.717) is 13.1 Å². The molecule has 2 atom stereocenters. The van der Waals surface area contributed by atoms with E-state index in [1.807, 2.05) is 62.4 Å². The molecule has 0 aliphatic carbocycles. The van der Waals surface area contributed by atoms with E-state index in [1.54, 1.807) is 0 Å². The molecule has 0 aromatic heterocycles. The maximum Gasteiger partial charge on any atom is 0.150 e. The Kier molecular flexibility index (Phi) is 5.47. The Balaban J connectivity index is 2.39. The van der Waals surface area contributed by atoms with Crippen LogP contribution in [0.3, 0.4) is 0 Å².